The number of nitrogens with zero attached hydrogens (tertiary/aromatic N) is 3. The molecular formula is C26H28FN3O3. The number of methoxy groups -OCH3 is 1. The smallest absolute Gasteiger partial charge is 0.258 e. The fourth-order valence-corrected chi connectivity index (χ4v) is 4.45. The zero-order chi connectivity index (χ0) is 23.4. The maximum absolute atomic E-state index is 14.1. The molecule has 0 saturated carbocycles. The summed E-state index contributed by atoms with van der Waals surface area (Å²) in [6.45, 7) is 3.48. The topological polar surface area (TPSA) is 54.8 Å². The van der Waals surface area contributed by atoms with Gasteiger partial charge >= 0.3 is 0 Å². The Hall–Kier alpha value is -3.61. The van der Waals surface area contributed by atoms with Crippen molar-refractivity contribution >= 4 is 11.8 Å². The van der Waals surface area contributed by atoms with E-state index in [1.165, 1.54) is 19.2 Å². The van der Waals surface area contributed by atoms with Crippen LogP contribution in [0.25, 0.3) is 0 Å². The quantitative estimate of drug-likeness (QED) is 0.545. The number of carbonyl (C=O) groups excluding carboxylic acids is 2. The van der Waals surface area contributed by atoms with Crippen molar-refractivity contribution < 1.29 is 18.7 Å². The van der Waals surface area contributed by atoms with Crippen LogP contribution >= 0.6 is 0 Å². The summed E-state index contributed by atoms with van der Waals surface area (Å²) in [5.74, 6) is -0.286. The van der Waals surface area contributed by atoms with Gasteiger partial charge in [-0.05, 0) is 48.4 Å². The molecular weight excluding hydrogens is 421 g/mol. The number of rotatable bonds is 7. The number of carbonyl (C=O) groups is 2. The van der Waals surface area contributed by atoms with Crippen molar-refractivity contribution in [2.45, 2.75) is 25.9 Å². The molecule has 2 heterocycles. The molecule has 7 heteroatoms. The molecule has 1 unspecified atom stereocenters. The van der Waals surface area contributed by atoms with Crippen LogP contribution in [-0.2, 0) is 11.3 Å². The molecule has 0 bridgehead atoms. The van der Waals surface area contributed by atoms with Crippen LogP contribution in [-0.4, -0.2) is 52.9 Å². The zero-order valence-corrected chi connectivity index (χ0v) is 18.9. The lowest BCUT2D eigenvalue weighted by atomic mass is 9.99. The van der Waals surface area contributed by atoms with E-state index in [4.69, 9.17) is 4.74 Å². The van der Waals surface area contributed by atoms with Gasteiger partial charge in [-0.2, -0.15) is 0 Å². The van der Waals surface area contributed by atoms with Gasteiger partial charge in [0.2, 0.25) is 5.91 Å². The highest BCUT2D eigenvalue weighted by Crippen LogP contribution is 2.33. The number of fused-ring (bicyclic) bond motifs is 1. The van der Waals surface area contributed by atoms with Gasteiger partial charge in [0.05, 0.1) is 18.7 Å². The second-order valence-electron chi connectivity index (χ2n) is 8.10. The SMILES string of the molecule is CCCN(CC(=O)N1CCn2cccc2C1c1cccc(F)c1)C(=O)c1ccccc1OC. The minimum atomic E-state index is -0.415. The molecule has 2 aromatic carbocycles. The zero-order valence-electron chi connectivity index (χ0n) is 18.9. The molecule has 0 spiro atoms. The summed E-state index contributed by atoms with van der Waals surface area (Å²) in [7, 11) is 1.52. The number of ether oxygens (including phenoxy) is 1. The van der Waals surface area contributed by atoms with Gasteiger partial charge in [-0.25, -0.2) is 4.39 Å². The molecule has 0 saturated heterocycles. The molecule has 6 nitrogen and oxygen atoms in total. The van der Waals surface area contributed by atoms with Crippen LogP contribution < -0.4 is 4.74 Å². The van der Waals surface area contributed by atoms with E-state index in [2.05, 4.69) is 4.57 Å². The molecule has 1 atom stereocenters. The molecule has 1 aliphatic heterocycles. The highest BCUT2D eigenvalue weighted by molar-refractivity contribution is 5.98. The van der Waals surface area contributed by atoms with Crippen molar-refractivity contribution in [1.82, 2.24) is 14.4 Å². The van der Waals surface area contributed by atoms with Crippen LogP contribution in [0.2, 0.25) is 0 Å². The molecule has 1 aliphatic rings. The molecule has 33 heavy (non-hydrogen) atoms. The third kappa shape index (κ3) is 4.62. The van der Waals surface area contributed by atoms with E-state index in [0.29, 0.717) is 42.9 Å². The van der Waals surface area contributed by atoms with Crippen LogP contribution in [0.1, 0.15) is 41.0 Å². The molecule has 4 rings (SSSR count). The molecule has 0 fully saturated rings. The molecule has 2 amide bonds. The first kappa shape index (κ1) is 22.6. The summed E-state index contributed by atoms with van der Waals surface area (Å²) in [5.41, 5.74) is 2.06. The third-order valence-electron chi connectivity index (χ3n) is 5.97. The minimum absolute atomic E-state index is 0.0583. The van der Waals surface area contributed by atoms with Crippen molar-refractivity contribution in [2.24, 2.45) is 0 Å². The third-order valence-corrected chi connectivity index (χ3v) is 5.97. The first-order valence-electron chi connectivity index (χ1n) is 11.2. The summed E-state index contributed by atoms with van der Waals surface area (Å²) >= 11 is 0. The van der Waals surface area contributed by atoms with E-state index in [0.717, 1.165) is 5.69 Å². The average molecular weight is 450 g/mol. The number of benzene rings is 2. The number of hydrogen-bond donors (Lipinski definition) is 0. The van der Waals surface area contributed by atoms with Gasteiger partial charge in [0, 0.05) is 31.5 Å². The Balaban J connectivity index is 1.63. The molecule has 0 aliphatic carbocycles. The Kier molecular flexibility index (Phi) is 6.77. The average Bonchev–Trinajstić information content (AvgIpc) is 3.31. The number of para-hydroxylation sites is 1. The standard InChI is InChI=1S/C26H28FN3O3/c1-3-13-29(26(32)21-10-4-5-12-23(21)33-2)18-24(31)30-16-15-28-14-7-11-22(28)25(30)19-8-6-9-20(27)17-19/h4-12,14,17,25H,3,13,15-16,18H2,1-2H3. The van der Waals surface area contributed by atoms with E-state index in [9.17, 15) is 14.0 Å². The summed E-state index contributed by atoms with van der Waals surface area (Å²) in [4.78, 5) is 30.2. The highest BCUT2D eigenvalue weighted by atomic mass is 19.1. The van der Waals surface area contributed by atoms with Gasteiger partial charge < -0.3 is 19.1 Å². The number of aromatic nitrogens is 1. The van der Waals surface area contributed by atoms with Crippen LogP contribution in [0.5, 0.6) is 5.75 Å². The molecule has 0 N–H and O–H groups in total. The summed E-state index contributed by atoms with van der Waals surface area (Å²) < 4.78 is 21.5. The van der Waals surface area contributed by atoms with Gasteiger partial charge in [0.1, 0.15) is 18.1 Å². The van der Waals surface area contributed by atoms with Crippen LogP contribution in [0, 0.1) is 5.82 Å². The maximum Gasteiger partial charge on any atom is 0.258 e. The van der Waals surface area contributed by atoms with Gasteiger partial charge in [0.15, 0.2) is 0 Å². The Morgan fingerprint density at radius 1 is 1.09 bits per heavy atom. The molecule has 0 radical (unpaired) electrons. The monoisotopic (exact) mass is 449 g/mol. The predicted molar refractivity (Wildman–Crippen MR) is 124 cm³/mol. The molecule has 1 aromatic heterocycles. The Morgan fingerprint density at radius 2 is 1.91 bits per heavy atom. The second kappa shape index (κ2) is 9.90. The summed E-state index contributed by atoms with van der Waals surface area (Å²) in [6, 6.07) is 16.9. The Labute approximate surface area is 193 Å². The summed E-state index contributed by atoms with van der Waals surface area (Å²) in [6.07, 6.45) is 2.68. The molecule has 172 valence electrons. The van der Waals surface area contributed by atoms with Crippen molar-refractivity contribution in [3.05, 3.63) is 89.5 Å². The van der Waals surface area contributed by atoms with E-state index in [1.54, 1.807) is 40.1 Å². The van der Waals surface area contributed by atoms with Crippen molar-refractivity contribution in [3.8, 4) is 5.75 Å². The van der Waals surface area contributed by atoms with Crippen molar-refractivity contribution in [2.75, 3.05) is 26.7 Å². The van der Waals surface area contributed by atoms with Crippen LogP contribution in [0.3, 0.4) is 0 Å². The highest BCUT2D eigenvalue weighted by Gasteiger charge is 2.34. The Bertz CT molecular complexity index is 1140. The normalized spacial score (nSPS) is 15.1. The van der Waals surface area contributed by atoms with Gasteiger partial charge in [-0.15, -0.1) is 0 Å². The lowest BCUT2D eigenvalue weighted by Crippen LogP contribution is -2.48. The van der Waals surface area contributed by atoms with Gasteiger partial charge in [0.25, 0.3) is 5.91 Å². The largest absolute Gasteiger partial charge is 0.496 e. The minimum Gasteiger partial charge on any atom is -0.496 e. The van der Waals surface area contributed by atoms with E-state index >= 15 is 0 Å². The fraction of sp³-hybridized carbons (Fsp3) is 0.308. The van der Waals surface area contributed by atoms with E-state index in [1.807, 2.05) is 31.3 Å². The lowest BCUT2D eigenvalue weighted by molar-refractivity contribution is -0.134. The van der Waals surface area contributed by atoms with E-state index < -0.39 is 6.04 Å². The van der Waals surface area contributed by atoms with Crippen molar-refractivity contribution in [3.63, 3.8) is 0 Å². The maximum atomic E-state index is 14.1. The first-order valence-corrected chi connectivity index (χ1v) is 11.2. The lowest BCUT2D eigenvalue weighted by Gasteiger charge is -2.38. The second-order valence-corrected chi connectivity index (χ2v) is 8.10. The van der Waals surface area contributed by atoms with Crippen LogP contribution in [0.4, 0.5) is 4.39 Å². The van der Waals surface area contributed by atoms with E-state index in [-0.39, 0.29) is 24.2 Å². The van der Waals surface area contributed by atoms with Crippen LogP contribution in [0.15, 0.2) is 66.9 Å². The number of hydrogen-bond acceptors (Lipinski definition) is 3. The van der Waals surface area contributed by atoms with Gasteiger partial charge in [-0.3, -0.25) is 9.59 Å². The first-order chi connectivity index (χ1) is 16.0. The fourth-order valence-electron chi connectivity index (χ4n) is 4.45. The predicted octanol–water partition coefficient (Wildman–Crippen LogP) is 4.12. The summed E-state index contributed by atoms with van der Waals surface area (Å²) in [5, 5.41) is 0. The number of halogens is 1. The molecule has 3 aromatic rings. The van der Waals surface area contributed by atoms with Gasteiger partial charge in [-0.1, -0.05) is 31.2 Å². The number of amides is 2. The Morgan fingerprint density at radius 3 is 2.67 bits per heavy atom. The van der Waals surface area contributed by atoms with Crippen molar-refractivity contribution in [1.29, 1.82) is 0 Å².